The molecule has 1 heterocycles. The molecule has 118 valence electrons. The number of rotatable bonds is 2. The molecule has 0 fully saturated rings. The number of ketones is 1. The number of carbonyl (C=O) groups excluding carboxylic acids is 1. The van der Waals surface area contributed by atoms with Gasteiger partial charge in [0.15, 0.2) is 5.78 Å². The summed E-state index contributed by atoms with van der Waals surface area (Å²) in [5.41, 5.74) is 2.00. The van der Waals surface area contributed by atoms with Crippen molar-refractivity contribution >= 4 is 39.2 Å². The molecule has 3 rings (SSSR count). The lowest BCUT2D eigenvalue weighted by Crippen LogP contribution is -2.35. The van der Waals surface area contributed by atoms with E-state index in [1.165, 1.54) is 6.08 Å². The SMILES string of the molecule is Cc1ccc(S(=O)(=O)N2CC(=O)C=Cc3cc(Cl)ccc32)cc1. The molecule has 6 heteroatoms. The van der Waals surface area contributed by atoms with Crippen molar-refractivity contribution in [3.63, 3.8) is 0 Å². The minimum atomic E-state index is -3.83. The van der Waals surface area contributed by atoms with Crippen LogP contribution in [0.25, 0.3) is 6.08 Å². The number of hydrogen-bond donors (Lipinski definition) is 0. The van der Waals surface area contributed by atoms with Gasteiger partial charge < -0.3 is 0 Å². The van der Waals surface area contributed by atoms with E-state index < -0.39 is 10.0 Å². The van der Waals surface area contributed by atoms with Crippen molar-refractivity contribution < 1.29 is 13.2 Å². The Balaban J connectivity index is 2.15. The predicted octanol–water partition coefficient (Wildman–Crippen LogP) is 3.44. The first-order valence-electron chi connectivity index (χ1n) is 6.98. The lowest BCUT2D eigenvalue weighted by molar-refractivity contribution is -0.113. The van der Waals surface area contributed by atoms with Crippen LogP contribution in [0.3, 0.4) is 0 Å². The van der Waals surface area contributed by atoms with E-state index in [0.29, 0.717) is 16.3 Å². The number of sulfonamides is 1. The molecule has 0 amide bonds. The van der Waals surface area contributed by atoms with Gasteiger partial charge in [-0.15, -0.1) is 0 Å². The van der Waals surface area contributed by atoms with Crippen molar-refractivity contribution in [3.05, 3.63) is 64.7 Å². The molecule has 0 bridgehead atoms. The van der Waals surface area contributed by atoms with E-state index in [2.05, 4.69) is 0 Å². The zero-order chi connectivity index (χ0) is 16.6. The Kier molecular flexibility index (Phi) is 4.00. The van der Waals surface area contributed by atoms with Crippen LogP contribution in [0.2, 0.25) is 5.02 Å². The molecule has 0 radical (unpaired) electrons. The number of benzene rings is 2. The third-order valence-corrected chi connectivity index (χ3v) is 5.62. The van der Waals surface area contributed by atoms with Gasteiger partial charge in [0.1, 0.15) is 0 Å². The highest BCUT2D eigenvalue weighted by atomic mass is 35.5. The molecule has 0 aliphatic carbocycles. The molecule has 0 saturated carbocycles. The number of aryl methyl sites for hydroxylation is 1. The molecule has 0 aromatic heterocycles. The van der Waals surface area contributed by atoms with E-state index in [4.69, 9.17) is 11.6 Å². The number of carbonyl (C=O) groups is 1. The van der Waals surface area contributed by atoms with Crippen LogP contribution in [0, 0.1) is 6.92 Å². The Labute approximate surface area is 140 Å². The summed E-state index contributed by atoms with van der Waals surface area (Å²) in [6.45, 7) is 1.65. The van der Waals surface area contributed by atoms with Crippen molar-refractivity contribution in [1.29, 1.82) is 0 Å². The van der Waals surface area contributed by atoms with Crippen molar-refractivity contribution in [3.8, 4) is 0 Å². The molecular formula is C17H14ClNO3S. The molecule has 2 aromatic rings. The standard InChI is InChI=1S/C17H14ClNO3S/c1-12-2-7-16(8-3-12)23(21,22)19-11-15(20)6-4-13-10-14(18)5-9-17(13)19/h2-10H,11H2,1H3. The summed E-state index contributed by atoms with van der Waals surface area (Å²) >= 11 is 5.98. The van der Waals surface area contributed by atoms with Gasteiger partial charge in [-0.25, -0.2) is 8.42 Å². The maximum Gasteiger partial charge on any atom is 0.264 e. The second-order valence-electron chi connectivity index (χ2n) is 5.33. The average molecular weight is 348 g/mol. The van der Waals surface area contributed by atoms with Crippen LogP contribution < -0.4 is 4.31 Å². The topological polar surface area (TPSA) is 54.5 Å². The molecule has 0 saturated heterocycles. The second-order valence-corrected chi connectivity index (χ2v) is 7.63. The predicted molar refractivity (Wildman–Crippen MR) is 91.2 cm³/mol. The average Bonchev–Trinajstić information content (AvgIpc) is 2.67. The molecule has 0 unspecified atom stereocenters. The van der Waals surface area contributed by atoms with Crippen molar-refractivity contribution in [1.82, 2.24) is 0 Å². The number of anilines is 1. The van der Waals surface area contributed by atoms with Gasteiger partial charge in [-0.05, 0) is 49.4 Å². The van der Waals surface area contributed by atoms with Gasteiger partial charge in [-0.2, -0.15) is 0 Å². The number of halogens is 1. The van der Waals surface area contributed by atoms with Gasteiger partial charge in [-0.1, -0.05) is 29.3 Å². The smallest absolute Gasteiger partial charge is 0.264 e. The zero-order valence-corrected chi connectivity index (χ0v) is 13.9. The van der Waals surface area contributed by atoms with Crippen LogP contribution in [0.15, 0.2) is 53.4 Å². The Hall–Kier alpha value is -2.11. The summed E-state index contributed by atoms with van der Waals surface area (Å²) in [5, 5.41) is 0.482. The van der Waals surface area contributed by atoms with Crippen LogP contribution in [-0.2, 0) is 14.8 Å². The van der Waals surface area contributed by atoms with Gasteiger partial charge in [0.25, 0.3) is 10.0 Å². The lowest BCUT2D eigenvalue weighted by atomic mass is 10.2. The maximum atomic E-state index is 13.0. The Morgan fingerprint density at radius 3 is 2.43 bits per heavy atom. The van der Waals surface area contributed by atoms with Crippen LogP contribution in [-0.4, -0.2) is 20.7 Å². The summed E-state index contributed by atoms with van der Waals surface area (Å²) in [6.07, 6.45) is 2.97. The fourth-order valence-electron chi connectivity index (χ4n) is 2.40. The Bertz CT molecular complexity index is 902. The molecule has 23 heavy (non-hydrogen) atoms. The Morgan fingerprint density at radius 1 is 1.04 bits per heavy atom. The highest BCUT2D eigenvalue weighted by molar-refractivity contribution is 7.92. The first kappa shape index (κ1) is 15.8. The molecule has 4 nitrogen and oxygen atoms in total. The van der Waals surface area contributed by atoms with E-state index in [0.717, 1.165) is 9.87 Å². The van der Waals surface area contributed by atoms with Gasteiger partial charge in [-0.3, -0.25) is 9.10 Å². The summed E-state index contributed by atoms with van der Waals surface area (Å²) in [6, 6.07) is 11.4. The fraction of sp³-hybridized carbons (Fsp3) is 0.118. The van der Waals surface area contributed by atoms with E-state index in [-0.39, 0.29) is 17.2 Å². The molecule has 0 spiro atoms. The monoisotopic (exact) mass is 347 g/mol. The lowest BCUT2D eigenvalue weighted by Gasteiger charge is -2.24. The van der Waals surface area contributed by atoms with Crippen molar-refractivity contribution in [2.75, 3.05) is 10.8 Å². The minimum absolute atomic E-state index is 0.152. The normalized spacial score (nSPS) is 14.5. The van der Waals surface area contributed by atoms with Crippen LogP contribution >= 0.6 is 11.6 Å². The second kappa shape index (κ2) is 5.83. The summed E-state index contributed by atoms with van der Waals surface area (Å²) in [5.74, 6) is -0.284. The highest BCUT2D eigenvalue weighted by Gasteiger charge is 2.29. The first-order valence-corrected chi connectivity index (χ1v) is 8.79. The number of nitrogens with zero attached hydrogens (tertiary/aromatic N) is 1. The fourth-order valence-corrected chi connectivity index (χ4v) is 4.04. The summed E-state index contributed by atoms with van der Waals surface area (Å²) in [7, 11) is -3.83. The van der Waals surface area contributed by atoms with E-state index in [9.17, 15) is 13.2 Å². The molecular weight excluding hydrogens is 334 g/mol. The minimum Gasteiger partial charge on any atom is -0.293 e. The van der Waals surface area contributed by atoms with E-state index >= 15 is 0 Å². The first-order chi connectivity index (χ1) is 10.9. The van der Waals surface area contributed by atoms with Gasteiger partial charge >= 0.3 is 0 Å². The third kappa shape index (κ3) is 3.02. The van der Waals surface area contributed by atoms with Crippen LogP contribution in [0.5, 0.6) is 0 Å². The molecule has 2 aromatic carbocycles. The zero-order valence-electron chi connectivity index (χ0n) is 12.4. The van der Waals surface area contributed by atoms with Crippen LogP contribution in [0.1, 0.15) is 11.1 Å². The van der Waals surface area contributed by atoms with Gasteiger partial charge in [0.2, 0.25) is 0 Å². The van der Waals surface area contributed by atoms with E-state index in [1.807, 2.05) is 6.92 Å². The summed E-state index contributed by atoms with van der Waals surface area (Å²) in [4.78, 5) is 12.1. The quantitative estimate of drug-likeness (QED) is 0.836. The van der Waals surface area contributed by atoms with Gasteiger partial charge in [0.05, 0.1) is 17.1 Å². The summed E-state index contributed by atoms with van der Waals surface area (Å²) < 4.78 is 27.0. The number of hydrogen-bond acceptors (Lipinski definition) is 3. The molecule has 1 aliphatic rings. The molecule has 1 aliphatic heterocycles. The molecule has 0 N–H and O–H groups in total. The maximum absolute atomic E-state index is 13.0. The molecule has 0 atom stereocenters. The third-order valence-electron chi connectivity index (χ3n) is 3.62. The largest absolute Gasteiger partial charge is 0.293 e. The van der Waals surface area contributed by atoms with Crippen molar-refractivity contribution in [2.24, 2.45) is 0 Å². The van der Waals surface area contributed by atoms with E-state index in [1.54, 1.807) is 48.5 Å². The van der Waals surface area contributed by atoms with Crippen LogP contribution in [0.4, 0.5) is 5.69 Å². The Morgan fingerprint density at radius 2 is 1.74 bits per heavy atom. The number of fused-ring (bicyclic) bond motifs is 1. The highest BCUT2D eigenvalue weighted by Crippen LogP contribution is 2.31. The van der Waals surface area contributed by atoms with Gasteiger partial charge in [0, 0.05) is 10.6 Å². The van der Waals surface area contributed by atoms with Crippen molar-refractivity contribution in [2.45, 2.75) is 11.8 Å².